The van der Waals surface area contributed by atoms with Crippen molar-refractivity contribution in [2.75, 3.05) is 37.1 Å². The first-order valence-corrected chi connectivity index (χ1v) is 9.89. The molecule has 1 fully saturated rings. The van der Waals surface area contributed by atoms with Gasteiger partial charge in [-0.2, -0.15) is 11.8 Å². The van der Waals surface area contributed by atoms with Crippen LogP contribution in [0.1, 0.15) is 18.5 Å². The van der Waals surface area contributed by atoms with Gasteiger partial charge in [0.2, 0.25) is 11.9 Å². The van der Waals surface area contributed by atoms with Crippen molar-refractivity contribution in [3.8, 4) is 5.75 Å². The zero-order valence-corrected chi connectivity index (χ0v) is 15.7. The lowest BCUT2D eigenvalue weighted by molar-refractivity contribution is -0.122. The van der Waals surface area contributed by atoms with Crippen molar-refractivity contribution in [3.63, 3.8) is 0 Å². The predicted molar refractivity (Wildman–Crippen MR) is 103 cm³/mol. The molecule has 1 saturated heterocycles. The summed E-state index contributed by atoms with van der Waals surface area (Å²) in [6.45, 7) is 3.47. The van der Waals surface area contributed by atoms with Crippen LogP contribution in [0.3, 0.4) is 0 Å². The molecule has 2 heterocycles. The number of carbonyl (C=O) groups is 1. The van der Waals surface area contributed by atoms with Crippen LogP contribution < -0.4 is 15.0 Å². The molecule has 1 atom stereocenters. The van der Waals surface area contributed by atoms with Gasteiger partial charge in [0.1, 0.15) is 11.8 Å². The van der Waals surface area contributed by atoms with Gasteiger partial charge in [-0.15, -0.1) is 0 Å². The molecule has 1 aromatic carbocycles. The molecule has 1 unspecified atom stereocenters. The largest absolute Gasteiger partial charge is 0.497 e. The maximum atomic E-state index is 12.5. The van der Waals surface area contributed by atoms with Crippen LogP contribution >= 0.6 is 11.8 Å². The molecule has 1 aliphatic rings. The zero-order chi connectivity index (χ0) is 17.8. The topological polar surface area (TPSA) is 67.3 Å². The van der Waals surface area contributed by atoms with Crippen molar-refractivity contribution in [1.29, 1.82) is 0 Å². The molecule has 7 heteroatoms. The number of hydrogen-bond acceptors (Lipinski definition) is 6. The van der Waals surface area contributed by atoms with E-state index in [1.54, 1.807) is 18.9 Å². The number of methoxy groups -OCH3 is 1. The molecule has 25 heavy (non-hydrogen) atoms. The van der Waals surface area contributed by atoms with Gasteiger partial charge in [0.15, 0.2) is 0 Å². The Morgan fingerprint density at radius 2 is 2.28 bits per heavy atom. The first-order valence-electron chi connectivity index (χ1n) is 8.49. The summed E-state index contributed by atoms with van der Waals surface area (Å²) in [6, 6.07) is 5.60. The highest BCUT2D eigenvalue weighted by Crippen LogP contribution is 2.27. The Bertz CT molecular complexity index is 768. The van der Waals surface area contributed by atoms with Gasteiger partial charge in [0.05, 0.1) is 18.3 Å². The van der Waals surface area contributed by atoms with E-state index < -0.39 is 0 Å². The van der Waals surface area contributed by atoms with Crippen molar-refractivity contribution in [2.24, 2.45) is 0 Å². The molecule has 134 valence electrons. The average molecular weight is 360 g/mol. The summed E-state index contributed by atoms with van der Waals surface area (Å²) in [5.74, 6) is 2.42. The monoisotopic (exact) mass is 360 g/mol. The highest BCUT2D eigenvalue weighted by Gasteiger charge is 2.32. The highest BCUT2D eigenvalue weighted by atomic mass is 32.2. The van der Waals surface area contributed by atoms with Crippen LogP contribution in [-0.4, -0.2) is 54.1 Å². The highest BCUT2D eigenvalue weighted by molar-refractivity contribution is 7.98. The van der Waals surface area contributed by atoms with Crippen LogP contribution in [0.2, 0.25) is 0 Å². The Balaban J connectivity index is 1.86. The van der Waals surface area contributed by atoms with Gasteiger partial charge in [-0.25, -0.2) is 9.97 Å². The van der Waals surface area contributed by atoms with Crippen LogP contribution in [-0.2, 0) is 4.79 Å². The average Bonchev–Trinajstić information content (AvgIpc) is 3.11. The summed E-state index contributed by atoms with van der Waals surface area (Å²) in [6.07, 6.45) is 3.85. The molecule has 1 aliphatic heterocycles. The molecule has 3 rings (SSSR count). The Hall–Kier alpha value is -2.02. The number of ether oxygens (including phenoxy) is 1. The number of nitrogens with one attached hydrogen (secondary N) is 1. The predicted octanol–water partition coefficient (Wildman–Crippen LogP) is 2.39. The number of carbonyl (C=O) groups excluding carboxylic acids is 1. The summed E-state index contributed by atoms with van der Waals surface area (Å²) in [5, 5.41) is 3.99. The maximum Gasteiger partial charge on any atom is 0.242 e. The Labute approximate surface area is 152 Å². The van der Waals surface area contributed by atoms with E-state index in [9.17, 15) is 4.79 Å². The van der Waals surface area contributed by atoms with E-state index in [1.165, 1.54) is 0 Å². The normalized spacial score (nSPS) is 17.1. The molecule has 1 N–H and O–H groups in total. The van der Waals surface area contributed by atoms with Crippen LogP contribution in [0, 0.1) is 6.92 Å². The van der Waals surface area contributed by atoms with E-state index >= 15 is 0 Å². The molecule has 1 amide bonds. The van der Waals surface area contributed by atoms with E-state index in [4.69, 9.17) is 9.72 Å². The molecule has 0 saturated carbocycles. The van der Waals surface area contributed by atoms with Crippen LogP contribution in [0.4, 0.5) is 5.95 Å². The standard InChI is InChI=1S/C18H24N4O2S/c1-12-14-11-13(24-2)6-7-15(14)21-18(20-12)22-9-4-5-16(22)17(23)19-8-10-25-3/h6-7,11,16H,4-5,8-10H2,1-3H3,(H,19,23). The van der Waals surface area contributed by atoms with Crippen molar-refractivity contribution >= 4 is 34.5 Å². The fraction of sp³-hybridized carbons (Fsp3) is 0.500. The number of nitrogens with zero attached hydrogens (tertiary/aromatic N) is 3. The van der Waals surface area contributed by atoms with Crippen LogP contribution in [0.15, 0.2) is 18.2 Å². The second kappa shape index (κ2) is 7.91. The lowest BCUT2D eigenvalue weighted by atomic mass is 10.2. The number of thioether (sulfide) groups is 1. The number of rotatable bonds is 6. The fourth-order valence-electron chi connectivity index (χ4n) is 3.17. The summed E-state index contributed by atoms with van der Waals surface area (Å²) >= 11 is 1.73. The van der Waals surface area contributed by atoms with Gasteiger partial charge in [-0.1, -0.05) is 0 Å². The number of hydrogen-bond donors (Lipinski definition) is 1. The van der Waals surface area contributed by atoms with Gasteiger partial charge < -0.3 is 15.0 Å². The third kappa shape index (κ3) is 3.81. The van der Waals surface area contributed by atoms with E-state index in [1.807, 2.05) is 36.3 Å². The SMILES string of the molecule is COc1ccc2nc(N3CCCC3C(=O)NCCSC)nc(C)c2c1. The van der Waals surface area contributed by atoms with Crippen molar-refractivity contribution < 1.29 is 9.53 Å². The number of amides is 1. The summed E-state index contributed by atoms with van der Waals surface area (Å²) in [4.78, 5) is 23.9. The van der Waals surface area contributed by atoms with Gasteiger partial charge in [-0.05, 0) is 44.2 Å². The van der Waals surface area contributed by atoms with E-state index in [0.29, 0.717) is 12.5 Å². The molecule has 0 radical (unpaired) electrons. The molecule has 0 aliphatic carbocycles. The quantitative estimate of drug-likeness (QED) is 0.798. The fourth-order valence-corrected chi connectivity index (χ4v) is 3.48. The Morgan fingerprint density at radius 3 is 3.04 bits per heavy atom. The molecule has 2 aromatic rings. The van der Waals surface area contributed by atoms with Crippen LogP contribution in [0.25, 0.3) is 10.9 Å². The smallest absolute Gasteiger partial charge is 0.242 e. The minimum atomic E-state index is -0.183. The number of anilines is 1. The maximum absolute atomic E-state index is 12.5. The number of benzene rings is 1. The molecule has 6 nitrogen and oxygen atoms in total. The lowest BCUT2D eigenvalue weighted by Gasteiger charge is -2.24. The zero-order valence-electron chi connectivity index (χ0n) is 14.9. The van der Waals surface area contributed by atoms with Crippen molar-refractivity contribution in [3.05, 3.63) is 23.9 Å². The van der Waals surface area contributed by atoms with Crippen molar-refractivity contribution in [1.82, 2.24) is 15.3 Å². The molecule has 1 aromatic heterocycles. The number of aryl methyl sites for hydroxylation is 1. The van der Waals surface area contributed by atoms with Gasteiger partial charge >= 0.3 is 0 Å². The molecule has 0 spiro atoms. The summed E-state index contributed by atoms with van der Waals surface area (Å²) in [7, 11) is 1.65. The minimum absolute atomic E-state index is 0.0719. The third-order valence-electron chi connectivity index (χ3n) is 4.50. The van der Waals surface area contributed by atoms with Gasteiger partial charge in [-0.3, -0.25) is 4.79 Å². The molecule has 0 bridgehead atoms. The van der Waals surface area contributed by atoms with Crippen molar-refractivity contribution in [2.45, 2.75) is 25.8 Å². The second-order valence-electron chi connectivity index (χ2n) is 6.13. The minimum Gasteiger partial charge on any atom is -0.497 e. The number of aromatic nitrogens is 2. The first-order chi connectivity index (χ1) is 12.1. The molecular formula is C18H24N4O2S. The Kier molecular flexibility index (Phi) is 5.63. The third-order valence-corrected chi connectivity index (χ3v) is 5.11. The van der Waals surface area contributed by atoms with E-state index in [2.05, 4.69) is 10.3 Å². The number of fused-ring (bicyclic) bond motifs is 1. The van der Waals surface area contributed by atoms with E-state index in [-0.39, 0.29) is 11.9 Å². The first kappa shape index (κ1) is 17.8. The second-order valence-corrected chi connectivity index (χ2v) is 7.11. The summed E-state index contributed by atoms with van der Waals surface area (Å²) in [5.41, 5.74) is 1.77. The van der Waals surface area contributed by atoms with Gasteiger partial charge in [0, 0.05) is 24.2 Å². The molecular weight excluding hydrogens is 336 g/mol. The Morgan fingerprint density at radius 1 is 1.44 bits per heavy atom. The van der Waals surface area contributed by atoms with E-state index in [0.717, 1.165) is 47.5 Å². The van der Waals surface area contributed by atoms with Gasteiger partial charge in [0.25, 0.3) is 0 Å². The van der Waals surface area contributed by atoms with Crippen LogP contribution in [0.5, 0.6) is 5.75 Å². The summed E-state index contributed by atoms with van der Waals surface area (Å²) < 4.78 is 5.28. The lowest BCUT2D eigenvalue weighted by Crippen LogP contribution is -2.44.